The van der Waals surface area contributed by atoms with Crippen molar-refractivity contribution in [2.75, 3.05) is 25.0 Å². The number of anilines is 2. The number of thiazole rings is 1. The second-order valence-corrected chi connectivity index (χ2v) is 9.23. The van der Waals surface area contributed by atoms with E-state index >= 15 is 0 Å². The average molecular weight is 508 g/mol. The van der Waals surface area contributed by atoms with Crippen LogP contribution in [0, 0.1) is 5.92 Å². The molecule has 0 spiro atoms. The number of alkyl halides is 3. The molecule has 0 amide bonds. The number of benzene rings is 2. The van der Waals surface area contributed by atoms with Gasteiger partial charge in [-0.1, -0.05) is 18.3 Å². The van der Waals surface area contributed by atoms with Crippen LogP contribution in [0.1, 0.15) is 23.7 Å². The molecule has 35 heavy (non-hydrogen) atoms. The molecule has 0 saturated heterocycles. The van der Waals surface area contributed by atoms with Crippen LogP contribution in [0.15, 0.2) is 36.4 Å². The lowest BCUT2D eigenvalue weighted by Gasteiger charge is -2.08. The Morgan fingerprint density at radius 3 is 2.74 bits per heavy atom. The SMILES string of the molecule is C[C@@H](CO)CCNCC(=O)c1ccc2c(c1)nc(Nc1nc3ccc(OC(F)(F)F)cc3s1)n2C. The van der Waals surface area contributed by atoms with Crippen LogP contribution in [0.5, 0.6) is 5.75 Å². The van der Waals surface area contributed by atoms with Gasteiger partial charge >= 0.3 is 6.36 Å². The highest BCUT2D eigenvalue weighted by Crippen LogP contribution is 2.33. The van der Waals surface area contributed by atoms with E-state index in [4.69, 9.17) is 5.11 Å². The number of aliphatic hydroxyl groups is 1. The molecule has 12 heteroatoms. The molecule has 0 saturated carbocycles. The van der Waals surface area contributed by atoms with Gasteiger partial charge in [-0.05, 0) is 49.2 Å². The van der Waals surface area contributed by atoms with Gasteiger partial charge in [0, 0.05) is 25.3 Å². The average Bonchev–Trinajstić information content (AvgIpc) is 3.34. The lowest BCUT2D eigenvalue weighted by Crippen LogP contribution is -2.25. The molecule has 0 aliphatic carbocycles. The van der Waals surface area contributed by atoms with Crippen LogP contribution >= 0.6 is 11.3 Å². The summed E-state index contributed by atoms with van der Waals surface area (Å²) in [6.07, 6.45) is -3.98. The maximum absolute atomic E-state index is 12.5. The molecule has 0 bridgehead atoms. The van der Waals surface area contributed by atoms with Crippen molar-refractivity contribution < 1.29 is 27.8 Å². The predicted octanol–water partition coefficient (Wildman–Crippen LogP) is 4.62. The van der Waals surface area contributed by atoms with E-state index in [9.17, 15) is 18.0 Å². The number of rotatable bonds is 10. The normalized spacial score (nSPS) is 12.9. The van der Waals surface area contributed by atoms with Crippen LogP contribution in [0.2, 0.25) is 0 Å². The number of hydrogen-bond acceptors (Lipinski definition) is 8. The summed E-state index contributed by atoms with van der Waals surface area (Å²) in [5.74, 6) is 0.287. The summed E-state index contributed by atoms with van der Waals surface area (Å²) in [6, 6.07) is 9.25. The van der Waals surface area contributed by atoms with Crippen LogP contribution in [0.25, 0.3) is 21.3 Å². The Kier molecular flexibility index (Phi) is 7.24. The molecule has 4 rings (SSSR count). The fourth-order valence-electron chi connectivity index (χ4n) is 3.48. The molecule has 4 aromatic rings. The van der Waals surface area contributed by atoms with Gasteiger partial charge in [-0.25, -0.2) is 9.97 Å². The van der Waals surface area contributed by atoms with E-state index in [-0.39, 0.29) is 30.6 Å². The minimum atomic E-state index is -4.76. The van der Waals surface area contributed by atoms with Crippen LogP contribution in [-0.2, 0) is 7.05 Å². The van der Waals surface area contributed by atoms with Crippen LogP contribution < -0.4 is 15.4 Å². The fourth-order valence-corrected chi connectivity index (χ4v) is 4.37. The van der Waals surface area contributed by atoms with Gasteiger partial charge in [-0.3, -0.25) is 4.79 Å². The summed E-state index contributed by atoms with van der Waals surface area (Å²) in [5, 5.41) is 15.7. The number of nitrogens with one attached hydrogen (secondary N) is 2. The summed E-state index contributed by atoms with van der Waals surface area (Å²) in [4.78, 5) is 21.5. The number of imidazole rings is 1. The van der Waals surface area contributed by atoms with Crippen molar-refractivity contribution in [3.63, 3.8) is 0 Å². The molecule has 0 radical (unpaired) electrons. The minimum absolute atomic E-state index is 0.0632. The van der Waals surface area contributed by atoms with Crippen molar-refractivity contribution >= 4 is 49.4 Å². The van der Waals surface area contributed by atoms with Crippen molar-refractivity contribution in [3.8, 4) is 5.75 Å². The number of aryl methyl sites for hydroxylation is 1. The maximum atomic E-state index is 12.5. The van der Waals surface area contributed by atoms with Gasteiger partial charge in [0.15, 0.2) is 10.9 Å². The zero-order valence-corrected chi connectivity index (χ0v) is 19.8. The van der Waals surface area contributed by atoms with E-state index in [2.05, 4.69) is 25.3 Å². The molecule has 2 aromatic heterocycles. The standard InChI is InChI=1S/C23H24F3N5O3S/c1-13(12-32)7-8-27-11-19(33)14-3-6-18-17(9-14)28-21(31(18)2)30-22-29-16-5-4-15(10-20(16)35-22)34-23(24,25)26/h3-6,9-10,13,27,32H,7-8,11-12H2,1-2H3,(H,28,29,30)/t13-/m1/s1. The summed E-state index contributed by atoms with van der Waals surface area (Å²) in [5.41, 5.74) is 2.48. The number of aliphatic hydroxyl groups excluding tert-OH is 1. The van der Waals surface area contributed by atoms with E-state index in [0.717, 1.165) is 11.9 Å². The van der Waals surface area contributed by atoms with Crippen LogP contribution in [-0.4, -0.2) is 51.5 Å². The third-order valence-corrected chi connectivity index (χ3v) is 6.36. The van der Waals surface area contributed by atoms with Crippen LogP contribution in [0.3, 0.4) is 0 Å². The molecule has 8 nitrogen and oxygen atoms in total. The van der Waals surface area contributed by atoms with Gasteiger partial charge < -0.3 is 25.0 Å². The summed E-state index contributed by atoms with van der Waals surface area (Å²) < 4.78 is 43.8. The Labute approximate surface area is 202 Å². The molecular weight excluding hydrogens is 483 g/mol. The molecule has 2 heterocycles. The molecule has 186 valence electrons. The van der Waals surface area contributed by atoms with E-state index in [0.29, 0.717) is 38.9 Å². The van der Waals surface area contributed by atoms with Crippen molar-refractivity contribution in [1.29, 1.82) is 0 Å². The number of Topliss-reactive ketones (excluding diaryl/α,β-unsaturated/α-hetero) is 1. The van der Waals surface area contributed by atoms with Crippen LogP contribution in [0.4, 0.5) is 24.3 Å². The number of hydrogen-bond donors (Lipinski definition) is 3. The number of carbonyl (C=O) groups is 1. The highest BCUT2D eigenvalue weighted by Gasteiger charge is 2.31. The van der Waals surface area contributed by atoms with E-state index in [1.165, 1.54) is 29.5 Å². The quantitative estimate of drug-likeness (QED) is 0.213. The molecule has 2 aromatic carbocycles. The number of fused-ring (bicyclic) bond motifs is 2. The van der Waals surface area contributed by atoms with Gasteiger partial charge in [0.25, 0.3) is 0 Å². The second kappa shape index (κ2) is 10.2. The Hall–Kier alpha value is -3.22. The first-order chi connectivity index (χ1) is 16.6. The zero-order valence-electron chi connectivity index (χ0n) is 19.0. The number of halogens is 3. The first-order valence-electron chi connectivity index (χ1n) is 10.9. The second-order valence-electron chi connectivity index (χ2n) is 8.20. The van der Waals surface area contributed by atoms with Crippen molar-refractivity contribution in [3.05, 3.63) is 42.0 Å². The monoisotopic (exact) mass is 507 g/mol. The molecular formula is C23H24F3N5O3S. The number of aromatic nitrogens is 3. The number of ether oxygens (including phenoxy) is 1. The van der Waals surface area contributed by atoms with E-state index < -0.39 is 6.36 Å². The topological polar surface area (TPSA) is 101 Å². The summed E-state index contributed by atoms with van der Waals surface area (Å²) in [6.45, 7) is 2.89. The molecule has 0 unspecified atom stereocenters. The highest BCUT2D eigenvalue weighted by molar-refractivity contribution is 7.22. The largest absolute Gasteiger partial charge is 0.573 e. The number of nitrogens with zero attached hydrogens (tertiary/aromatic N) is 3. The summed E-state index contributed by atoms with van der Waals surface area (Å²) in [7, 11) is 1.81. The lowest BCUT2D eigenvalue weighted by molar-refractivity contribution is -0.274. The number of ketones is 1. The van der Waals surface area contributed by atoms with Gasteiger partial charge in [0.1, 0.15) is 5.75 Å². The van der Waals surface area contributed by atoms with E-state index in [1.54, 1.807) is 12.1 Å². The fraction of sp³-hybridized carbons (Fsp3) is 0.348. The summed E-state index contributed by atoms with van der Waals surface area (Å²) >= 11 is 1.17. The Morgan fingerprint density at radius 1 is 1.20 bits per heavy atom. The third kappa shape index (κ3) is 6.08. The molecule has 0 fully saturated rings. The Bertz CT molecular complexity index is 1350. The Balaban J connectivity index is 1.47. The maximum Gasteiger partial charge on any atom is 0.573 e. The minimum Gasteiger partial charge on any atom is -0.406 e. The first kappa shape index (κ1) is 24.9. The van der Waals surface area contributed by atoms with Gasteiger partial charge in [-0.15, -0.1) is 13.2 Å². The molecule has 0 aliphatic rings. The van der Waals surface area contributed by atoms with Crippen molar-refractivity contribution in [1.82, 2.24) is 19.9 Å². The highest BCUT2D eigenvalue weighted by atomic mass is 32.1. The molecule has 3 N–H and O–H groups in total. The predicted molar refractivity (Wildman–Crippen MR) is 128 cm³/mol. The van der Waals surface area contributed by atoms with Crippen molar-refractivity contribution in [2.24, 2.45) is 13.0 Å². The lowest BCUT2D eigenvalue weighted by atomic mass is 10.1. The van der Waals surface area contributed by atoms with E-state index in [1.807, 2.05) is 24.6 Å². The van der Waals surface area contributed by atoms with Gasteiger partial charge in [0.2, 0.25) is 5.95 Å². The number of carbonyl (C=O) groups excluding carboxylic acids is 1. The first-order valence-corrected chi connectivity index (χ1v) is 11.7. The Morgan fingerprint density at radius 2 is 2.00 bits per heavy atom. The smallest absolute Gasteiger partial charge is 0.406 e. The third-order valence-electron chi connectivity index (χ3n) is 5.43. The zero-order chi connectivity index (χ0) is 25.2. The molecule has 1 atom stereocenters. The molecule has 0 aliphatic heterocycles. The van der Waals surface area contributed by atoms with Gasteiger partial charge in [-0.2, -0.15) is 0 Å². The van der Waals surface area contributed by atoms with Gasteiger partial charge in [0.05, 0.1) is 27.8 Å². The van der Waals surface area contributed by atoms with Crippen molar-refractivity contribution in [2.45, 2.75) is 19.7 Å².